The van der Waals surface area contributed by atoms with Crippen LogP contribution in [-0.2, 0) is 9.53 Å². The van der Waals surface area contributed by atoms with Crippen LogP contribution in [-0.4, -0.2) is 36.0 Å². The number of ketones is 1. The topological polar surface area (TPSA) is 77.5 Å². The van der Waals surface area contributed by atoms with E-state index >= 15 is 0 Å². The summed E-state index contributed by atoms with van der Waals surface area (Å²) < 4.78 is 38.9. The average Bonchev–Trinajstić information content (AvgIpc) is 2.99. The van der Waals surface area contributed by atoms with Crippen LogP contribution in [0.1, 0.15) is 42.7 Å². The largest absolute Gasteiger partial charge is 0.493 e. The Labute approximate surface area is 167 Å². The minimum atomic E-state index is -1.10. The summed E-state index contributed by atoms with van der Waals surface area (Å²) >= 11 is 0. The first kappa shape index (κ1) is 20.9. The molecule has 0 bridgehead atoms. The lowest BCUT2D eigenvalue weighted by Gasteiger charge is -2.23. The fourth-order valence-electron chi connectivity index (χ4n) is 3.61. The minimum Gasteiger partial charge on any atom is -0.493 e. The first-order valence-corrected chi connectivity index (χ1v) is 9.19. The molecule has 8 heteroatoms. The number of hydrogen-bond donors (Lipinski definition) is 1. The third kappa shape index (κ3) is 3.98. The molecule has 0 saturated carbocycles. The maximum Gasteiger partial charge on any atom is 0.254 e. The Morgan fingerprint density at radius 2 is 1.93 bits per heavy atom. The van der Waals surface area contributed by atoms with E-state index in [1.807, 2.05) is 13.8 Å². The first-order chi connectivity index (χ1) is 13.7. The Hall–Kier alpha value is -2.87. The minimum absolute atomic E-state index is 0.158. The second-order valence-electron chi connectivity index (χ2n) is 7.11. The number of amides is 1. The van der Waals surface area contributed by atoms with Gasteiger partial charge in [0.25, 0.3) is 5.91 Å². The summed E-state index contributed by atoms with van der Waals surface area (Å²) in [5, 5.41) is 2.72. The van der Waals surface area contributed by atoms with Gasteiger partial charge in [0.15, 0.2) is 17.3 Å². The maximum absolute atomic E-state index is 14.3. The van der Waals surface area contributed by atoms with Crippen molar-refractivity contribution >= 4 is 17.4 Å². The standard InChI is InChI=1S/C21H22F2N2O4/c1-10-12(3)29-20(17(10)14-5-6-15(22)18(23)19(14)28-4)21(27)25-13-7-8-24-16(9-13)11(2)26/h5-10,12,17,20H,1-4H3,(H,24,25,27)/t10-,12-,17-,20+/m1/s1. The van der Waals surface area contributed by atoms with Gasteiger partial charge in [0.2, 0.25) is 5.82 Å². The number of halogens is 2. The summed E-state index contributed by atoms with van der Waals surface area (Å²) in [6.45, 7) is 5.07. The highest BCUT2D eigenvalue weighted by Crippen LogP contribution is 2.44. The van der Waals surface area contributed by atoms with Gasteiger partial charge in [-0.1, -0.05) is 13.0 Å². The maximum atomic E-state index is 14.3. The van der Waals surface area contributed by atoms with Gasteiger partial charge in [0.1, 0.15) is 11.8 Å². The molecule has 1 aromatic carbocycles. The second kappa shape index (κ2) is 8.24. The lowest BCUT2D eigenvalue weighted by atomic mass is 9.82. The number of benzene rings is 1. The molecule has 1 amide bonds. The molecule has 29 heavy (non-hydrogen) atoms. The molecule has 2 aromatic rings. The molecule has 0 aliphatic carbocycles. The predicted molar refractivity (Wildman–Crippen MR) is 102 cm³/mol. The van der Waals surface area contributed by atoms with E-state index in [4.69, 9.17) is 9.47 Å². The number of carbonyl (C=O) groups excluding carboxylic acids is 2. The highest BCUT2D eigenvalue weighted by molar-refractivity contribution is 5.97. The fraction of sp³-hybridized carbons (Fsp3) is 0.381. The molecule has 1 aromatic heterocycles. The van der Waals surface area contributed by atoms with E-state index in [1.54, 1.807) is 6.07 Å². The van der Waals surface area contributed by atoms with Crippen molar-refractivity contribution in [3.63, 3.8) is 0 Å². The number of nitrogens with one attached hydrogen (secondary N) is 1. The number of Topliss-reactive ketones (excluding diaryl/α,β-unsaturated/α-hetero) is 1. The van der Waals surface area contributed by atoms with Gasteiger partial charge >= 0.3 is 0 Å². The van der Waals surface area contributed by atoms with E-state index in [0.29, 0.717) is 11.3 Å². The van der Waals surface area contributed by atoms with Crippen LogP contribution in [0.3, 0.4) is 0 Å². The monoisotopic (exact) mass is 404 g/mol. The van der Waals surface area contributed by atoms with Crippen molar-refractivity contribution < 1.29 is 27.8 Å². The molecule has 1 saturated heterocycles. The van der Waals surface area contributed by atoms with Crippen LogP contribution < -0.4 is 10.1 Å². The van der Waals surface area contributed by atoms with Crippen molar-refractivity contribution in [2.75, 3.05) is 12.4 Å². The molecule has 2 heterocycles. The molecule has 0 radical (unpaired) electrons. The van der Waals surface area contributed by atoms with Gasteiger partial charge in [-0.25, -0.2) is 4.39 Å². The van der Waals surface area contributed by atoms with Crippen molar-refractivity contribution in [1.82, 2.24) is 4.98 Å². The molecule has 154 valence electrons. The van der Waals surface area contributed by atoms with Gasteiger partial charge in [-0.15, -0.1) is 0 Å². The summed E-state index contributed by atoms with van der Waals surface area (Å²) in [5.74, 6) is -3.77. The molecule has 0 unspecified atom stereocenters. The Kier molecular flexibility index (Phi) is 5.93. The zero-order valence-electron chi connectivity index (χ0n) is 16.5. The number of rotatable bonds is 5. The van der Waals surface area contributed by atoms with E-state index in [0.717, 1.165) is 6.07 Å². The number of anilines is 1. The zero-order chi connectivity index (χ0) is 21.3. The summed E-state index contributed by atoms with van der Waals surface area (Å²) in [6, 6.07) is 5.45. The Balaban J connectivity index is 1.94. The van der Waals surface area contributed by atoms with Crippen LogP contribution in [0, 0.1) is 17.6 Å². The van der Waals surface area contributed by atoms with Crippen LogP contribution >= 0.6 is 0 Å². The lowest BCUT2D eigenvalue weighted by Crippen LogP contribution is -2.33. The quantitative estimate of drug-likeness (QED) is 0.769. The van der Waals surface area contributed by atoms with E-state index in [-0.39, 0.29) is 29.2 Å². The molecule has 1 aliphatic heterocycles. The van der Waals surface area contributed by atoms with Crippen LogP contribution in [0.25, 0.3) is 0 Å². The number of pyridine rings is 1. The van der Waals surface area contributed by atoms with Gasteiger partial charge in [0, 0.05) is 30.3 Å². The highest BCUT2D eigenvalue weighted by atomic mass is 19.2. The summed E-state index contributed by atoms with van der Waals surface area (Å²) in [5.41, 5.74) is 0.972. The molecule has 3 rings (SSSR count). The van der Waals surface area contributed by atoms with Gasteiger partial charge in [-0.2, -0.15) is 4.39 Å². The summed E-state index contributed by atoms with van der Waals surface area (Å²) in [6.07, 6.45) is 0.176. The smallest absolute Gasteiger partial charge is 0.254 e. The van der Waals surface area contributed by atoms with Crippen LogP contribution in [0.4, 0.5) is 14.5 Å². The first-order valence-electron chi connectivity index (χ1n) is 9.19. The molecule has 4 atom stereocenters. The second-order valence-corrected chi connectivity index (χ2v) is 7.11. The number of aromatic nitrogens is 1. The van der Waals surface area contributed by atoms with Crippen molar-refractivity contribution in [1.29, 1.82) is 0 Å². The Morgan fingerprint density at radius 3 is 2.59 bits per heavy atom. The van der Waals surface area contributed by atoms with E-state index in [1.165, 1.54) is 32.4 Å². The fourth-order valence-corrected chi connectivity index (χ4v) is 3.61. The SMILES string of the molecule is COc1c([C@H]2[C@H](C)[C@@H](C)O[C@@H]2C(=O)Nc2ccnc(C(C)=O)c2)ccc(F)c1F. The summed E-state index contributed by atoms with van der Waals surface area (Å²) in [4.78, 5) is 28.4. The number of nitrogens with zero attached hydrogens (tertiary/aromatic N) is 1. The zero-order valence-corrected chi connectivity index (χ0v) is 16.5. The van der Waals surface area contributed by atoms with Gasteiger partial charge in [0.05, 0.1) is 13.2 Å². The molecule has 6 nitrogen and oxygen atoms in total. The number of hydrogen-bond acceptors (Lipinski definition) is 5. The average molecular weight is 404 g/mol. The molecular formula is C21H22F2N2O4. The molecular weight excluding hydrogens is 382 g/mol. The third-order valence-electron chi connectivity index (χ3n) is 5.28. The highest BCUT2D eigenvalue weighted by Gasteiger charge is 2.46. The number of methoxy groups -OCH3 is 1. The Bertz CT molecular complexity index is 950. The van der Waals surface area contributed by atoms with Crippen LogP contribution in [0.2, 0.25) is 0 Å². The lowest BCUT2D eigenvalue weighted by molar-refractivity contribution is -0.127. The molecule has 1 fully saturated rings. The van der Waals surface area contributed by atoms with Crippen molar-refractivity contribution in [3.05, 3.63) is 53.4 Å². The summed E-state index contributed by atoms with van der Waals surface area (Å²) in [7, 11) is 1.25. The number of ether oxygens (including phenoxy) is 2. The predicted octanol–water partition coefficient (Wildman–Crippen LogP) is 3.72. The third-order valence-corrected chi connectivity index (χ3v) is 5.28. The Morgan fingerprint density at radius 1 is 1.21 bits per heavy atom. The molecule has 0 spiro atoms. The normalized spacial score (nSPS) is 23.7. The van der Waals surface area contributed by atoms with E-state index < -0.39 is 29.6 Å². The van der Waals surface area contributed by atoms with Crippen molar-refractivity contribution in [3.8, 4) is 5.75 Å². The van der Waals surface area contributed by atoms with E-state index in [9.17, 15) is 18.4 Å². The van der Waals surface area contributed by atoms with Gasteiger partial charge in [-0.3, -0.25) is 14.6 Å². The van der Waals surface area contributed by atoms with Crippen LogP contribution in [0.5, 0.6) is 5.75 Å². The van der Waals surface area contributed by atoms with Crippen molar-refractivity contribution in [2.45, 2.75) is 38.9 Å². The molecule has 1 aliphatic rings. The molecule has 1 N–H and O–H groups in total. The van der Waals surface area contributed by atoms with E-state index in [2.05, 4.69) is 10.3 Å². The van der Waals surface area contributed by atoms with Gasteiger partial charge in [-0.05, 0) is 31.0 Å². The van der Waals surface area contributed by atoms with Crippen LogP contribution in [0.15, 0.2) is 30.5 Å². The number of carbonyl (C=O) groups is 2. The van der Waals surface area contributed by atoms with Gasteiger partial charge < -0.3 is 14.8 Å². The van der Waals surface area contributed by atoms with Crippen molar-refractivity contribution in [2.24, 2.45) is 5.92 Å².